The summed E-state index contributed by atoms with van der Waals surface area (Å²) in [6.07, 6.45) is 2.23. The van der Waals surface area contributed by atoms with Gasteiger partial charge in [-0.3, -0.25) is 14.4 Å². The van der Waals surface area contributed by atoms with Crippen LogP contribution in [-0.4, -0.2) is 52.0 Å². The fourth-order valence-corrected chi connectivity index (χ4v) is 3.02. The highest BCUT2D eigenvalue weighted by Gasteiger charge is 2.34. The summed E-state index contributed by atoms with van der Waals surface area (Å²) in [4.78, 5) is 36.4. The van der Waals surface area contributed by atoms with Crippen LogP contribution in [0.1, 0.15) is 33.1 Å². The number of thioether (sulfide) groups is 1. The molecule has 0 bridgehead atoms. The number of carbonyl (C=O) groups excluding carboxylic acids is 2. The molecule has 7 heteroatoms. The zero-order valence-corrected chi connectivity index (χ0v) is 12.7. The van der Waals surface area contributed by atoms with Crippen LogP contribution in [0.15, 0.2) is 0 Å². The van der Waals surface area contributed by atoms with Gasteiger partial charge in [0.1, 0.15) is 6.04 Å². The fraction of sp³-hybridized carbons (Fsp3) is 0.769. The van der Waals surface area contributed by atoms with E-state index >= 15 is 0 Å². The van der Waals surface area contributed by atoms with Gasteiger partial charge in [-0.1, -0.05) is 20.3 Å². The molecule has 1 saturated heterocycles. The molecule has 0 radical (unpaired) electrons. The minimum Gasteiger partial charge on any atom is -0.481 e. The SMILES string of the molecule is CCCCC(=O)N1CSCC1C(=O)NCC(C)C(=O)O. The normalized spacial score (nSPS) is 19.7. The summed E-state index contributed by atoms with van der Waals surface area (Å²) in [7, 11) is 0. The average Bonchev–Trinajstić information content (AvgIpc) is 2.90. The van der Waals surface area contributed by atoms with Crippen LogP contribution in [0.2, 0.25) is 0 Å². The van der Waals surface area contributed by atoms with Gasteiger partial charge in [-0.05, 0) is 6.42 Å². The van der Waals surface area contributed by atoms with Crippen molar-refractivity contribution >= 4 is 29.5 Å². The third-order valence-corrected chi connectivity index (χ3v) is 4.27. The zero-order chi connectivity index (χ0) is 15.1. The maximum Gasteiger partial charge on any atom is 0.308 e. The van der Waals surface area contributed by atoms with E-state index in [9.17, 15) is 14.4 Å². The molecule has 2 amide bonds. The van der Waals surface area contributed by atoms with E-state index in [1.54, 1.807) is 16.7 Å². The first kappa shape index (κ1) is 16.8. The molecule has 1 aliphatic heterocycles. The van der Waals surface area contributed by atoms with E-state index in [-0.39, 0.29) is 18.4 Å². The maximum atomic E-state index is 12.0. The quantitative estimate of drug-likeness (QED) is 0.730. The molecule has 0 spiro atoms. The van der Waals surface area contributed by atoms with Gasteiger partial charge in [-0.15, -0.1) is 11.8 Å². The number of carboxylic acid groups (broad SMARTS) is 1. The molecular weight excluding hydrogens is 280 g/mol. The van der Waals surface area contributed by atoms with Crippen molar-refractivity contribution in [2.45, 2.75) is 39.2 Å². The van der Waals surface area contributed by atoms with Gasteiger partial charge in [-0.25, -0.2) is 0 Å². The Morgan fingerprint density at radius 2 is 2.15 bits per heavy atom. The van der Waals surface area contributed by atoms with Crippen molar-refractivity contribution < 1.29 is 19.5 Å². The minimum atomic E-state index is -0.943. The molecule has 2 unspecified atom stereocenters. The molecule has 1 rings (SSSR count). The van der Waals surface area contributed by atoms with Crippen molar-refractivity contribution in [2.24, 2.45) is 5.92 Å². The molecule has 6 nitrogen and oxygen atoms in total. The van der Waals surface area contributed by atoms with Crippen LogP contribution < -0.4 is 5.32 Å². The summed E-state index contributed by atoms with van der Waals surface area (Å²) < 4.78 is 0. The Labute approximate surface area is 123 Å². The molecule has 20 heavy (non-hydrogen) atoms. The highest BCUT2D eigenvalue weighted by atomic mass is 32.2. The topological polar surface area (TPSA) is 86.7 Å². The van der Waals surface area contributed by atoms with E-state index < -0.39 is 17.9 Å². The molecule has 0 saturated carbocycles. The van der Waals surface area contributed by atoms with Crippen LogP contribution in [0.5, 0.6) is 0 Å². The van der Waals surface area contributed by atoms with Gasteiger partial charge >= 0.3 is 5.97 Å². The second-order valence-corrected chi connectivity index (χ2v) is 5.97. The zero-order valence-electron chi connectivity index (χ0n) is 11.9. The van der Waals surface area contributed by atoms with Crippen molar-refractivity contribution in [3.8, 4) is 0 Å². The number of amides is 2. The number of nitrogens with zero attached hydrogens (tertiary/aromatic N) is 1. The van der Waals surface area contributed by atoms with E-state index in [0.717, 1.165) is 12.8 Å². The number of carboxylic acids is 1. The second-order valence-electron chi connectivity index (χ2n) is 4.97. The highest BCUT2D eigenvalue weighted by molar-refractivity contribution is 7.99. The summed E-state index contributed by atoms with van der Waals surface area (Å²) >= 11 is 1.55. The lowest BCUT2D eigenvalue weighted by Gasteiger charge is -2.23. The summed E-state index contributed by atoms with van der Waals surface area (Å²) in [6.45, 7) is 3.64. The van der Waals surface area contributed by atoms with Gasteiger partial charge < -0.3 is 15.3 Å². The molecule has 0 aromatic heterocycles. The van der Waals surface area contributed by atoms with Crippen molar-refractivity contribution in [1.29, 1.82) is 0 Å². The van der Waals surface area contributed by atoms with Crippen LogP contribution in [0.25, 0.3) is 0 Å². The summed E-state index contributed by atoms with van der Waals surface area (Å²) in [5, 5.41) is 11.4. The minimum absolute atomic E-state index is 0.00304. The number of rotatable bonds is 7. The lowest BCUT2D eigenvalue weighted by molar-refractivity contribution is -0.142. The second kappa shape index (κ2) is 8.14. The molecule has 2 N–H and O–H groups in total. The first-order valence-corrected chi connectivity index (χ1v) is 8.00. The van der Waals surface area contributed by atoms with Gasteiger partial charge in [0.25, 0.3) is 0 Å². The predicted octanol–water partition coefficient (Wildman–Crippen LogP) is 0.915. The Kier molecular flexibility index (Phi) is 6.84. The number of hydrogen-bond donors (Lipinski definition) is 2. The highest BCUT2D eigenvalue weighted by Crippen LogP contribution is 2.22. The summed E-state index contributed by atoms with van der Waals surface area (Å²) in [5.74, 6) is -0.712. The number of nitrogens with one attached hydrogen (secondary N) is 1. The van der Waals surface area contributed by atoms with E-state index in [2.05, 4.69) is 5.32 Å². The summed E-state index contributed by atoms with van der Waals surface area (Å²) in [5.41, 5.74) is 0. The Hall–Kier alpha value is -1.24. The third kappa shape index (κ3) is 4.70. The fourth-order valence-electron chi connectivity index (χ4n) is 1.84. The largest absolute Gasteiger partial charge is 0.481 e. The Bertz CT molecular complexity index is 375. The number of carbonyl (C=O) groups is 3. The molecular formula is C13H22N2O4S. The first-order valence-electron chi connectivity index (χ1n) is 6.85. The molecule has 0 aromatic rings. The van der Waals surface area contributed by atoms with Crippen LogP contribution >= 0.6 is 11.8 Å². The van der Waals surface area contributed by atoms with Crippen molar-refractivity contribution in [1.82, 2.24) is 10.2 Å². The van der Waals surface area contributed by atoms with Crippen molar-refractivity contribution in [3.05, 3.63) is 0 Å². The molecule has 114 valence electrons. The lowest BCUT2D eigenvalue weighted by Crippen LogP contribution is -2.48. The molecule has 2 atom stereocenters. The molecule has 0 aliphatic carbocycles. The number of aliphatic carboxylic acids is 1. The van der Waals surface area contributed by atoms with E-state index in [4.69, 9.17) is 5.11 Å². The number of unbranched alkanes of at least 4 members (excludes halogenated alkanes) is 1. The van der Waals surface area contributed by atoms with Gasteiger partial charge in [0.05, 0.1) is 11.8 Å². The van der Waals surface area contributed by atoms with Crippen LogP contribution in [0.3, 0.4) is 0 Å². The van der Waals surface area contributed by atoms with E-state index in [1.165, 1.54) is 6.92 Å². The smallest absolute Gasteiger partial charge is 0.308 e. The van der Waals surface area contributed by atoms with E-state index in [0.29, 0.717) is 18.1 Å². The van der Waals surface area contributed by atoms with Crippen LogP contribution in [0.4, 0.5) is 0 Å². The predicted molar refractivity (Wildman–Crippen MR) is 77.3 cm³/mol. The van der Waals surface area contributed by atoms with E-state index in [1.807, 2.05) is 6.92 Å². The standard InChI is InChI=1S/C13H22N2O4S/c1-3-4-5-11(16)15-8-20-7-10(15)12(17)14-6-9(2)13(18)19/h9-10H,3-8H2,1-2H3,(H,14,17)(H,18,19). The number of hydrogen-bond acceptors (Lipinski definition) is 4. The Morgan fingerprint density at radius 1 is 1.45 bits per heavy atom. The van der Waals surface area contributed by atoms with Crippen molar-refractivity contribution in [2.75, 3.05) is 18.2 Å². The van der Waals surface area contributed by atoms with Gasteiger partial charge in [-0.2, -0.15) is 0 Å². The third-order valence-electron chi connectivity index (χ3n) is 3.25. The summed E-state index contributed by atoms with van der Waals surface area (Å²) in [6, 6.07) is -0.467. The van der Waals surface area contributed by atoms with Crippen LogP contribution in [-0.2, 0) is 14.4 Å². The Balaban J connectivity index is 2.49. The Morgan fingerprint density at radius 3 is 2.75 bits per heavy atom. The molecule has 1 fully saturated rings. The maximum absolute atomic E-state index is 12.0. The van der Waals surface area contributed by atoms with Gasteiger partial charge in [0, 0.05) is 18.7 Å². The molecule has 0 aromatic carbocycles. The molecule has 1 aliphatic rings. The lowest BCUT2D eigenvalue weighted by atomic mass is 10.1. The van der Waals surface area contributed by atoms with Crippen molar-refractivity contribution in [3.63, 3.8) is 0 Å². The average molecular weight is 302 g/mol. The molecule has 1 heterocycles. The van der Waals surface area contributed by atoms with Crippen LogP contribution in [0, 0.1) is 5.92 Å². The van der Waals surface area contributed by atoms with Gasteiger partial charge in [0.2, 0.25) is 11.8 Å². The first-order chi connectivity index (χ1) is 9.47. The monoisotopic (exact) mass is 302 g/mol. The van der Waals surface area contributed by atoms with Gasteiger partial charge in [0.15, 0.2) is 0 Å².